The fourth-order valence-corrected chi connectivity index (χ4v) is 1.83. The first kappa shape index (κ1) is 14.9. The molecule has 112 valence electrons. The number of nitrogen functional groups attached to an aromatic ring is 1. The summed E-state index contributed by atoms with van der Waals surface area (Å²) in [4.78, 5) is 11.9. The van der Waals surface area contributed by atoms with E-state index in [4.69, 9.17) is 14.9 Å². The Morgan fingerprint density at radius 2 is 2.24 bits per heavy atom. The maximum absolute atomic E-state index is 11.9. The van der Waals surface area contributed by atoms with Gasteiger partial charge in [0, 0.05) is 19.2 Å². The van der Waals surface area contributed by atoms with Gasteiger partial charge >= 0.3 is 0 Å². The van der Waals surface area contributed by atoms with Gasteiger partial charge in [-0.05, 0) is 30.3 Å². The minimum absolute atomic E-state index is 0.170. The predicted octanol–water partition coefficient (Wildman–Crippen LogP) is 1.85. The number of nitrogens with one attached hydrogen (secondary N) is 2. The first-order valence-electron chi connectivity index (χ1n) is 6.63. The molecule has 0 spiro atoms. The van der Waals surface area contributed by atoms with Gasteiger partial charge in [-0.25, -0.2) is 0 Å². The Morgan fingerprint density at radius 1 is 1.38 bits per heavy atom. The van der Waals surface area contributed by atoms with Gasteiger partial charge in [0.15, 0.2) is 0 Å². The van der Waals surface area contributed by atoms with Crippen LogP contribution < -0.4 is 16.4 Å². The Bertz CT molecular complexity index is 582. The zero-order chi connectivity index (χ0) is 15.1. The van der Waals surface area contributed by atoms with Gasteiger partial charge in [-0.1, -0.05) is 0 Å². The highest BCUT2D eigenvalue weighted by molar-refractivity contribution is 5.96. The van der Waals surface area contributed by atoms with Crippen LogP contribution in [0.4, 0.5) is 11.4 Å². The molecule has 2 aromatic rings. The summed E-state index contributed by atoms with van der Waals surface area (Å²) in [6, 6.07) is 8.85. The van der Waals surface area contributed by atoms with Crippen LogP contribution in [-0.4, -0.2) is 26.2 Å². The van der Waals surface area contributed by atoms with Crippen LogP contribution in [0.5, 0.6) is 0 Å². The van der Waals surface area contributed by atoms with Crippen molar-refractivity contribution in [3.8, 4) is 0 Å². The molecule has 0 aliphatic rings. The molecule has 4 N–H and O–H groups in total. The van der Waals surface area contributed by atoms with Crippen LogP contribution in [0.3, 0.4) is 0 Å². The number of rotatable bonds is 7. The first-order chi connectivity index (χ1) is 10.2. The molecule has 0 unspecified atom stereocenters. The lowest BCUT2D eigenvalue weighted by Gasteiger charge is -2.10. The average Bonchev–Trinajstić information content (AvgIpc) is 2.99. The molecule has 1 heterocycles. The van der Waals surface area contributed by atoms with Gasteiger partial charge in [0.25, 0.3) is 5.91 Å². The van der Waals surface area contributed by atoms with Gasteiger partial charge in [0.2, 0.25) is 0 Å². The molecule has 0 bridgehead atoms. The van der Waals surface area contributed by atoms with Crippen molar-refractivity contribution >= 4 is 17.3 Å². The van der Waals surface area contributed by atoms with Gasteiger partial charge in [-0.2, -0.15) is 0 Å². The molecule has 0 aliphatic carbocycles. The van der Waals surface area contributed by atoms with Crippen molar-refractivity contribution in [3.63, 3.8) is 0 Å². The molecule has 0 aliphatic heterocycles. The minimum Gasteiger partial charge on any atom is -0.467 e. The monoisotopic (exact) mass is 289 g/mol. The number of amides is 1. The van der Waals surface area contributed by atoms with E-state index in [1.807, 2.05) is 12.1 Å². The molecule has 0 saturated carbocycles. The number of benzene rings is 1. The van der Waals surface area contributed by atoms with Crippen molar-refractivity contribution in [1.29, 1.82) is 0 Å². The van der Waals surface area contributed by atoms with Gasteiger partial charge in [0.1, 0.15) is 5.76 Å². The smallest absolute Gasteiger partial charge is 0.251 e. The van der Waals surface area contributed by atoms with Gasteiger partial charge in [0.05, 0.1) is 30.8 Å². The number of carbonyl (C=O) groups excluding carboxylic acids is 1. The fraction of sp³-hybridized carbons (Fsp3) is 0.267. The molecular weight excluding hydrogens is 270 g/mol. The van der Waals surface area contributed by atoms with E-state index in [0.717, 1.165) is 11.4 Å². The second-order valence-electron chi connectivity index (χ2n) is 4.48. The summed E-state index contributed by atoms with van der Waals surface area (Å²) < 4.78 is 10.1. The van der Waals surface area contributed by atoms with Crippen LogP contribution >= 0.6 is 0 Å². The summed E-state index contributed by atoms with van der Waals surface area (Å²) in [5.41, 5.74) is 7.75. The second kappa shape index (κ2) is 7.35. The highest BCUT2D eigenvalue weighted by atomic mass is 16.5. The molecule has 0 atom stereocenters. The molecule has 0 fully saturated rings. The Balaban J connectivity index is 1.95. The number of carbonyl (C=O) groups is 1. The second-order valence-corrected chi connectivity index (χ2v) is 4.48. The minimum atomic E-state index is -0.170. The highest BCUT2D eigenvalue weighted by Crippen LogP contribution is 2.20. The van der Waals surface area contributed by atoms with Crippen LogP contribution in [0.15, 0.2) is 41.0 Å². The van der Waals surface area contributed by atoms with E-state index in [1.54, 1.807) is 31.6 Å². The van der Waals surface area contributed by atoms with Crippen LogP contribution in [-0.2, 0) is 11.3 Å². The van der Waals surface area contributed by atoms with E-state index in [2.05, 4.69) is 10.6 Å². The Labute approximate surface area is 123 Å². The van der Waals surface area contributed by atoms with Crippen LogP contribution in [0.25, 0.3) is 0 Å². The Kier molecular flexibility index (Phi) is 5.22. The molecule has 1 aromatic carbocycles. The molecule has 6 heteroatoms. The summed E-state index contributed by atoms with van der Waals surface area (Å²) in [7, 11) is 1.59. The van der Waals surface area contributed by atoms with E-state index in [0.29, 0.717) is 30.9 Å². The largest absolute Gasteiger partial charge is 0.467 e. The summed E-state index contributed by atoms with van der Waals surface area (Å²) in [5.74, 6) is 0.645. The molecule has 21 heavy (non-hydrogen) atoms. The number of hydrogen-bond donors (Lipinski definition) is 3. The summed E-state index contributed by atoms with van der Waals surface area (Å²) in [6.07, 6.45) is 1.62. The molecule has 1 aromatic heterocycles. The standard InChI is InChI=1S/C15H19N3O3/c1-20-8-6-17-15(19)11-4-5-14(13(16)9-11)18-10-12-3-2-7-21-12/h2-5,7,9,18H,6,8,10,16H2,1H3,(H,17,19). The van der Waals surface area contributed by atoms with Crippen molar-refractivity contribution in [3.05, 3.63) is 47.9 Å². The summed E-state index contributed by atoms with van der Waals surface area (Å²) in [6.45, 7) is 1.48. The Hall–Kier alpha value is -2.47. The number of anilines is 2. The third kappa shape index (κ3) is 4.25. The van der Waals surface area contributed by atoms with Gasteiger partial charge in [-0.3, -0.25) is 4.79 Å². The predicted molar refractivity (Wildman–Crippen MR) is 81.1 cm³/mol. The maximum atomic E-state index is 11.9. The maximum Gasteiger partial charge on any atom is 0.251 e. The van der Waals surface area contributed by atoms with E-state index in [-0.39, 0.29) is 5.91 Å². The van der Waals surface area contributed by atoms with E-state index in [1.165, 1.54) is 0 Å². The normalized spacial score (nSPS) is 10.3. The number of furan rings is 1. The SMILES string of the molecule is COCCNC(=O)c1ccc(NCc2ccco2)c(N)c1. The van der Waals surface area contributed by atoms with Crippen molar-refractivity contribution in [2.24, 2.45) is 0 Å². The number of ether oxygens (including phenoxy) is 1. The number of methoxy groups -OCH3 is 1. The topological polar surface area (TPSA) is 89.5 Å². The number of nitrogens with two attached hydrogens (primary N) is 1. The van der Waals surface area contributed by atoms with Crippen LogP contribution in [0.2, 0.25) is 0 Å². The van der Waals surface area contributed by atoms with Gasteiger partial charge < -0.3 is 25.5 Å². The molecule has 0 saturated heterocycles. The third-order valence-corrected chi connectivity index (χ3v) is 2.94. The van der Waals surface area contributed by atoms with Crippen molar-refractivity contribution < 1.29 is 13.9 Å². The number of hydrogen-bond acceptors (Lipinski definition) is 5. The summed E-state index contributed by atoms with van der Waals surface area (Å²) in [5, 5.41) is 5.91. The summed E-state index contributed by atoms with van der Waals surface area (Å²) >= 11 is 0. The van der Waals surface area contributed by atoms with Crippen molar-refractivity contribution in [1.82, 2.24) is 5.32 Å². The molecule has 0 radical (unpaired) electrons. The molecular formula is C15H19N3O3. The lowest BCUT2D eigenvalue weighted by Crippen LogP contribution is -2.27. The van der Waals surface area contributed by atoms with E-state index in [9.17, 15) is 4.79 Å². The zero-order valence-electron chi connectivity index (χ0n) is 11.9. The molecule has 6 nitrogen and oxygen atoms in total. The molecule has 1 amide bonds. The van der Waals surface area contributed by atoms with Crippen LogP contribution in [0, 0.1) is 0 Å². The van der Waals surface area contributed by atoms with E-state index < -0.39 is 0 Å². The zero-order valence-corrected chi connectivity index (χ0v) is 11.9. The fourth-order valence-electron chi connectivity index (χ4n) is 1.83. The van der Waals surface area contributed by atoms with Crippen molar-refractivity contribution in [2.75, 3.05) is 31.3 Å². The first-order valence-corrected chi connectivity index (χ1v) is 6.63. The van der Waals surface area contributed by atoms with Crippen molar-refractivity contribution in [2.45, 2.75) is 6.54 Å². The van der Waals surface area contributed by atoms with Crippen LogP contribution in [0.1, 0.15) is 16.1 Å². The third-order valence-electron chi connectivity index (χ3n) is 2.94. The Morgan fingerprint density at radius 3 is 2.90 bits per heavy atom. The average molecular weight is 289 g/mol. The molecule has 2 rings (SSSR count). The van der Waals surface area contributed by atoms with Gasteiger partial charge in [-0.15, -0.1) is 0 Å². The quantitative estimate of drug-likeness (QED) is 0.534. The lowest BCUT2D eigenvalue weighted by atomic mass is 10.1. The van der Waals surface area contributed by atoms with E-state index >= 15 is 0 Å². The lowest BCUT2D eigenvalue weighted by molar-refractivity contribution is 0.0937. The highest BCUT2D eigenvalue weighted by Gasteiger charge is 2.08.